The number of hydrogen-bond donors (Lipinski definition) is 1. The molecule has 0 spiro atoms. The van der Waals surface area contributed by atoms with Crippen molar-refractivity contribution in [3.63, 3.8) is 0 Å². The van der Waals surface area contributed by atoms with Crippen molar-refractivity contribution in [3.8, 4) is 5.75 Å². The van der Waals surface area contributed by atoms with E-state index in [-0.39, 0.29) is 6.10 Å². The van der Waals surface area contributed by atoms with Crippen LogP contribution in [0.15, 0.2) is 42.7 Å². The Labute approximate surface area is 113 Å². The van der Waals surface area contributed by atoms with Crippen molar-refractivity contribution in [1.82, 2.24) is 4.98 Å². The van der Waals surface area contributed by atoms with Crippen LogP contribution in [0.2, 0.25) is 0 Å². The Balaban J connectivity index is 1.80. The van der Waals surface area contributed by atoms with Crippen molar-refractivity contribution in [2.45, 2.75) is 25.4 Å². The first-order chi connectivity index (χ1) is 9.36. The molecule has 1 aromatic carbocycles. The topological polar surface area (TPSA) is 48.1 Å². The number of fused-ring (bicyclic) bond motifs is 1. The highest BCUT2D eigenvalue weighted by Gasteiger charge is 2.14. The number of rotatable bonds is 4. The number of ether oxygens (including phenoxy) is 1. The summed E-state index contributed by atoms with van der Waals surface area (Å²) in [5.41, 5.74) is 9.77. The van der Waals surface area contributed by atoms with Gasteiger partial charge in [0.15, 0.2) is 0 Å². The zero-order valence-corrected chi connectivity index (χ0v) is 10.9. The van der Waals surface area contributed by atoms with E-state index in [9.17, 15) is 0 Å². The Kier molecular flexibility index (Phi) is 3.47. The Morgan fingerprint density at radius 2 is 1.89 bits per heavy atom. The van der Waals surface area contributed by atoms with E-state index in [0.717, 1.165) is 17.7 Å². The number of nitrogens with two attached hydrogens (primary N) is 1. The van der Waals surface area contributed by atoms with Crippen LogP contribution in [0, 0.1) is 0 Å². The fourth-order valence-electron chi connectivity index (χ4n) is 2.62. The van der Waals surface area contributed by atoms with Gasteiger partial charge < -0.3 is 10.5 Å². The highest BCUT2D eigenvalue weighted by Crippen LogP contribution is 2.28. The molecule has 0 aliphatic heterocycles. The van der Waals surface area contributed by atoms with Gasteiger partial charge in [0.1, 0.15) is 11.9 Å². The summed E-state index contributed by atoms with van der Waals surface area (Å²) in [6.45, 7) is 0.459. The van der Waals surface area contributed by atoms with Crippen LogP contribution in [-0.4, -0.2) is 11.5 Å². The normalized spacial score (nSPS) is 15.0. The van der Waals surface area contributed by atoms with E-state index in [2.05, 4.69) is 17.1 Å². The quantitative estimate of drug-likeness (QED) is 0.912. The molecule has 0 saturated heterocycles. The summed E-state index contributed by atoms with van der Waals surface area (Å²) in [5.74, 6) is 0.910. The second kappa shape index (κ2) is 5.41. The predicted molar refractivity (Wildman–Crippen MR) is 75.1 cm³/mol. The zero-order chi connectivity index (χ0) is 13.1. The van der Waals surface area contributed by atoms with Crippen LogP contribution in [0.5, 0.6) is 5.75 Å². The van der Waals surface area contributed by atoms with E-state index in [4.69, 9.17) is 10.5 Å². The first kappa shape index (κ1) is 12.2. The molecule has 0 bridgehead atoms. The smallest absolute Gasteiger partial charge is 0.136 e. The SMILES string of the molecule is NCC(Oc1ccc2c(c1)CCC2)c1ccncc1. The van der Waals surface area contributed by atoms with E-state index in [0.29, 0.717) is 6.54 Å². The third-order valence-electron chi connectivity index (χ3n) is 3.64. The molecule has 0 fully saturated rings. The summed E-state index contributed by atoms with van der Waals surface area (Å²) >= 11 is 0. The summed E-state index contributed by atoms with van der Waals surface area (Å²) in [6, 6.07) is 10.3. The zero-order valence-electron chi connectivity index (χ0n) is 10.9. The van der Waals surface area contributed by atoms with E-state index in [1.807, 2.05) is 18.2 Å². The number of hydrogen-bond acceptors (Lipinski definition) is 3. The summed E-state index contributed by atoms with van der Waals surface area (Å²) in [4.78, 5) is 4.02. The minimum absolute atomic E-state index is 0.109. The lowest BCUT2D eigenvalue weighted by Crippen LogP contribution is -2.18. The first-order valence-corrected chi connectivity index (χ1v) is 6.75. The van der Waals surface area contributed by atoms with Gasteiger partial charge in [-0.25, -0.2) is 0 Å². The van der Waals surface area contributed by atoms with Crippen molar-refractivity contribution in [2.75, 3.05) is 6.54 Å². The van der Waals surface area contributed by atoms with Crippen molar-refractivity contribution in [2.24, 2.45) is 5.73 Å². The molecule has 3 nitrogen and oxygen atoms in total. The molecular weight excluding hydrogens is 236 g/mol. The molecule has 1 aliphatic rings. The monoisotopic (exact) mass is 254 g/mol. The molecule has 3 rings (SSSR count). The van der Waals surface area contributed by atoms with Gasteiger partial charge in [0.05, 0.1) is 0 Å². The van der Waals surface area contributed by atoms with Gasteiger partial charge in [0.2, 0.25) is 0 Å². The number of aromatic nitrogens is 1. The average Bonchev–Trinajstić information content (AvgIpc) is 2.93. The van der Waals surface area contributed by atoms with Gasteiger partial charge in [-0.15, -0.1) is 0 Å². The van der Waals surface area contributed by atoms with Crippen LogP contribution in [0.1, 0.15) is 29.2 Å². The predicted octanol–water partition coefficient (Wildman–Crippen LogP) is 2.65. The molecule has 98 valence electrons. The summed E-state index contributed by atoms with van der Waals surface area (Å²) in [7, 11) is 0. The lowest BCUT2D eigenvalue weighted by Gasteiger charge is -2.18. The fraction of sp³-hybridized carbons (Fsp3) is 0.312. The summed E-state index contributed by atoms with van der Waals surface area (Å²) in [5, 5.41) is 0. The maximum absolute atomic E-state index is 6.02. The van der Waals surface area contributed by atoms with Crippen LogP contribution in [0.25, 0.3) is 0 Å². The van der Waals surface area contributed by atoms with Gasteiger partial charge in [0, 0.05) is 18.9 Å². The number of pyridine rings is 1. The maximum Gasteiger partial charge on any atom is 0.136 e. The second-order valence-corrected chi connectivity index (χ2v) is 4.91. The van der Waals surface area contributed by atoms with E-state index in [1.165, 1.54) is 24.0 Å². The van der Waals surface area contributed by atoms with Gasteiger partial charge in [-0.1, -0.05) is 6.07 Å². The minimum Gasteiger partial charge on any atom is -0.484 e. The van der Waals surface area contributed by atoms with Crippen LogP contribution < -0.4 is 10.5 Å². The lowest BCUT2D eigenvalue weighted by atomic mass is 10.1. The Morgan fingerprint density at radius 3 is 2.68 bits per heavy atom. The number of aryl methyl sites for hydroxylation is 2. The van der Waals surface area contributed by atoms with Gasteiger partial charge >= 0.3 is 0 Å². The van der Waals surface area contributed by atoms with Gasteiger partial charge in [-0.05, 0) is 60.2 Å². The molecule has 1 aliphatic carbocycles. The summed E-state index contributed by atoms with van der Waals surface area (Å²) < 4.78 is 6.02. The molecule has 0 saturated carbocycles. The molecule has 2 aromatic rings. The maximum atomic E-state index is 6.02. The molecule has 1 unspecified atom stereocenters. The second-order valence-electron chi connectivity index (χ2n) is 4.91. The minimum atomic E-state index is -0.109. The molecule has 3 heteroatoms. The van der Waals surface area contributed by atoms with Crippen molar-refractivity contribution in [1.29, 1.82) is 0 Å². The lowest BCUT2D eigenvalue weighted by molar-refractivity contribution is 0.214. The molecular formula is C16H18N2O. The molecule has 0 radical (unpaired) electrons. The molecule has 1 aromatic heterocycles. The fourth-order valence-corrected chi connectivity index (χ4v) is 2.62. The van der Waals surface area contributed by atoms with Gasteiger partial charge in [0.25, 0.3) is 0 Å². The molecule has 1 heterocycles. The van der Waals surface area contributed by atoms with E-state index in [1.54, 1.807) is 12.4 Å². The number of nitrogens with zero attached hydrogens (tertiary/aromatic N) is 1. The Hall–Kier alpha value is -1.87. The molecule has 19 heavy (non-hydrogen) atoms. The van der Waals surface area contributed by atoms with E-state index >= 15 is 0 Å². The van der Waals surface area contributed by atoms with Gasteiger partial charge in [-0.3, -0.25) is 4.98 Å². The highest BCUT2D eigenvalue weighted by atomic mass is 16.5. The molecule has 2 N–H and O–H groups in total. The largest absolute Gasteiger partial charge is 0.484 e. The van der Waals surface area contributed by atoms with Crippen molar-refractivity contribution >= 4 is 0 Å². The van der Waals surface area contributed by atoms with Crippen molar-refractivity contribution < 1.29 is 4.74 Å². The van der Waals surface area contributed by atoms with Crippen LogP contribution in [0.3, 0.4) is 0 Å². The summed E-state index contributed by atoms with van der Waals surface area (Å²) in [6.07, 6.45) is 7.04. The highest BCUT2D eigenvalue weighted by molar-refractivity contribution is 5.38. The average molecular weight is 254 g/mol. The number of benzene rings is 1. The molecule has 1 atom stereocenters. The van der Waals surface area contributed by atoms with E-state index < -0.39 is 0 Å². The third-order valence-corrected chi connectivity index (χ3v) is 3.64. The Morgan fingerprint density at radius 1 is 1.11 bits per heavy atom. The van der Waals surface area contributed by atoms with Crippen LogP contribution in [-0.2, 0) is 12.8 Å². The first-order valence-electron chi connectivity index (χ1n) is 6.75. The van der Waals surface area contributed by atoms with Crippen molar-refractivity contribution in [3.05, 3.63) is 59.4 Å². The van der Waals surface area contributed by atoms with Gasteiger partial charge in [-0.2, -0.15) is 0 Å². The molecule has 0 amide bonds. The standard InChI is InChI=1S/C16H18N2O/c17-11-16(13-6-8-18-9-7-13)19-15-5-4-12-2-1-3-14(12)10-15/h4-10,16H,1-3,11,17H2. The third kappa shape index (κ3) is 2.61. The van der Waals surface area contributed by atoms with Crippen LogP contribution in [0.4, 0.5) is 0 Å². The van der Waals surface area contributed by atoms with Crippen LogP contribution >= 0.6 is 0 Å². The Bertz CT molecular complexity index is 554.